The molecule has 1 nitrogen and oxygen atoms in total. The fourth-order valence-corrected chi connectivity index (χ4v) is 1.24. The summed E-state index contributed by atoms with van der Waals surface area (Å²) in [5.41, 5.74) is 2.77. The minimum Gasteiger partial charge on any atom is -0.384 e. The van der Waals surface area contributed by atoms with Crippen LogP contribution in [0.25, 0.3) is 0 Å². The molecule has 1 heterocycles. The lowest BCUT2D eigenvalue weighted by Gasteiger charge is -1.94. The van der Waals surface area contributed by atoms with Crippen molar-refractivity contribution in [1.29, 1.82) is 0 Å². The summed E-state index contributed by atoms with van der Waals surface area (Å²) in [5.74, 6) is 0. The van der Waals surface area contributed by atoms with Crippen LogP contribution in [-0.2, 0) is 6.42 Å². The number of hydrogen-bond acceptors (Lipinski definition) is 1. The summed E-state index contributed by atoms with van der Waals surface area (Å²) in [4.78, 5) is 0. The highest BCUT2D eigenvalue weighted by Crippen LogP contribution is 2.19. The zero-order valence-electron chi connectivity index (χ0n) is 6.45. The van der Waals surface area contributed by atoms with Crippen LogP contribution in [0.15, 0.2) is 24.3 Å². The topological polar surface area (TPSA) is 12.0 Å². The summed E-state index contributed by atoms with van der Waals surface area (Å²) in [5, 5.41) is 3.30. The van der Waals surface area contributed by atoms with E-state index in [1.54, 1.807) is 0 Å². The first kappa shape index (κ1) is 14.4. The van der Waals surface area contributed by atoms with Crippen molar-refractivity contribution < 1.29 is 0 Å². The first-order chi connectivity index (χ1) is 4.47. The van der Waals surface area contributed by atoms with Gasteiger partial charge in [-0.05, 0) is 18.1 Å². The van der Waals surface area contributed by atoms with Gasteiger partial charge >= 0.3 is 0 Å². The van der Waals surface area contributed by atoms with Gasteiger partial charge in [0.25, 0.3) is 0 Å². The molecule has 0 aliphatic carbocycles. The third-order valence-corrected chi connectivity index (χ3v) is 1.73. The highest BCUT2D eigenvalue weighted by Gasteiger charge is 2.05. The Hall–Kier alpha value is -0.110. The largest absolute Gasteiger partial charge is 0.384 e. The van der Waals surface area contributed by atoms with Crippen molar-refractivity contribution in [2.45, 2.75) is 6.42 Å². The summed E-state index contributed by atoms with van der Waals surface area (Å²) in [7, 11) is 0. The molecule has 1 aromatic carbocycles. The molecule has 1 aliphatic heterocycles. The van der Waals surface area contributed by atoms with E-state index in [1.165, 1.54) is 17.7 Å². The maximum Gasteiger partial charge on any atom is 0.0373 e. The highest BCUT2D eigenvalue weighted by molar-refractivity contribution is 5.86. The number of para-hydroxylation sites is 1. The predicted molar refractivity (Wildman–Crippen MR) is 60.4 cm³/mol. The molecule has 0 spiro atoms. The van der Waals surface area contributed by atoms with Gasteiger partial charge in [0.2, 0.25) is 0 Å². The van der Waals surface area contributed by atoms with Gasteiger partial charge in [-0.25, -0.2) is 0 Å². The fraction of sp³-hybridized carbons (Fsp3) is 0.250. The molecular weight excluding hydrogens is 216 g/mol. The molecule has 0 unspecified atom stereocenters. The molecule has 0 saturated carbocycles. The molecular formula is C8H12Cl3N. The lowest BCUT2D eigenvalue weighted by Crippen LogP contribution is -1.90. The summed E-state index contributed by atoms with van der Waals surface area (Å²) in [6, 6.07) is 8.46. The number of benzene rings is 1. The number of nitrogens with one attached hydrogen (secondary N) is 1. The van der Waals surface area contributed by atoms with Crippen LogP contribution in [0.1, 0.15) is 5.56 Å². The molecule has 4 heteroatoms. The van der Waals surface area contributed by atoms with Gasteiger partial charge in [-0.1, -0.05) is 18.2 Å². The van der Waals surface area contributed by atoms with E-state index in [2.05, 4.69) is 29.6 Å². The summed E-state index contributed by atoms with van der Waals surface area (Å²) >= 11 is 0. The molecule has 2 rings (SSSR count). The van der Waals surface area contributed by atoms with Gasteiger partial charge in [0.05, 0.1) is 0 Å². The molecule has 0 saturated heterocycles. The van der Waals surface area contributed by atoms with E-state index < -0.39 is 0 Å². The van der Waals surface area contributed by atoms with Gasteiger partial charge in [-0.3, -0.25) is 0 Å². The molecule has 0 fully saturated rings. The standard InChI is InChI=1S/C8H9N.3ClH/c1-2-4-8-7(3-1)5-6-9-8;;;/h1-4,9H,5-6H2;3*1H. The van der Waals surface area contributed by atoms with Crippen molar-refractivity contribution in [3.8, 4) is 0 Å². The van der Waals surface area contributed by atoms with E-state index in [4.69, 9.17) is 0 Å². The molecule has 0 radical (unpaired) electrons. The zero-order valence-corrected chi connectivity index (χ0v) is 8.90. The summed E-state index contributed by atoms with van der Waals surface area (Å²) in [6.45, 7) is 1.11. The van der Waals surface area contributed by atoms with Crippen molar-refractivity contribution in [2.75, 3.05) is 11.9 Å². The van der Waals surface area contributed by atoms with Gasteiger partial charge in [0, 0.05) is 12.2 Å². The predicted octanol–water partition coefficient (Wildman–Crippen LogP) is 2.92. The van der Waals surface area contributed by atoms with Crippen LogP contribution in [0.4, 0.5) is 5.69 Å². The van der Waals surface area contributed by atoms with E-state index in [0.717, 1.165) is 6.54 Å². The van der Waals surface area contributed by atoms with Crippen LogP contribution < -0.4 is 5.32 Å². The Balaban J connectivity index is 0. The zero-order chi connectivity index (χ0) is 6.10. The smallest absolute Gasteiger partial charge is 0.0373 e. The van der Waals surface area contributed by atoms with E-state index in [0.29, 0.717) is 0 Å². The second-order valence-corrected chi connectivity index (χ2v) is 2.33. The van der Waals surface area contributed by atoms with Gasteiger partial charge < -0.3 is 5.32 Å². The average molecular weight is 229 g/mol. The number of hydrogen-bond donors (Lipinski definition) is 1. The van der Waals surface area contributed by atoms with E-state index in [9.17, 15) is 0 Å². The summed E-state index contributed by atoms with van der Waals surface area (Å²) in [6.07, 6.45) is 1.19. The van der Waals surface area contributed by atoms with Gasteiger partial charge in [0.1, 0.15) is 0 Å². The fourth-order valence-electron chi connectivity index (χ4n) is 1.24. The average Bonchev–Trinajstić information content (AvgIpc) is 2.33. The van der Waals surface area contributed by atoms with E-state index >= 15 is 0 Å². The molecule has 0 atom stereocenters. The van der Waals surface area contributed by atoms with E-state index in [-0.39, 0.29) is 37.2 Å². The quantitative estimate of drug-likeness (QED) is 0.720. The van der Waals surface area contributed by atoms with Crippen LogP contribution in [0.2, 0.25) is 0 Å². The minimum absolute atomic E-state index is 0. The van der Waals surface area contributed by atoms with Crippen molar-refractivity contribution in [1.82, 2.24) is 0 Å². The molecule has 1 aromatic rings. The van der Waals surface area contributed by atoms with Crippen LogP contribution in [0.5, 0.6) is 0 Å². The summed E-state index contributed by atoms with van der Waals surface area (Å²) < 4.78 is 0. The number of anilines is 1. The second-order valence-electron chi connectivity index (χ2n) is 2.33. The van der Waals surface area contributed by atoms with Crippen LogP contribution >= 0.6 is 37.2 Å². The maximum absolute atomic E-state index is 3.30. The maximum atomic E-state index is 3.30. The SMILES string of the molecule is Cl.Cl.Cl.c1ccc2c(c1)CCN2. The van der Waals surface area contributed by atoms with Crippen LogP contribution in [0, 0.1) is 0 Å². The number of fused-ring (bicyclic) bond motifs is 1. The van der Waals surface area contributed by atoms with Gasteiger partial charge in [0.15, 0.2) is 0 Å². The third-order valence-electron chi connectivity index (χ3n) is 1.73. The van der Waals surface area contributed by atoms with Gasteiger partial charge in [-0.15, -0.1) is 37.2 Å². The first-order valence-corrected chi connectivity index (χ1v) is 3.28. The number of rotatable bonds is 0. The monoisotopic (exact) mass is 227 g/mol. The van der Waals surface area contributed by atoms with Crippen molar-refractivity contribution >= 4 is 42.9 Å². The Kier molecular flexibility index (Phi) is 7.70. The first-order valence-electron chi connectivity index (χ1n) is 3.28. The normalized spacial score (nSPS) is 11.0. The molecule has 0 aromatic heterocycles. The van der Waals surface area contributed by atoms with Crippen molar-refractivity contribution in [3.05, 3.63) is 29.8 Å². The van der Waals surface area contributed by atoms with Crippen LogP contribution in [0.3, 0.4) is 0 Å². The van der Waals surface area contributed by atoms with E-state index in [1.807, 2.05) is 0 Å². The Morgan fingerprint density at radius 2 is 1.67 bits per heavy atom. The Bertz CT molecular complexity index is 204. The second kappa shape index (κ2) is 6.41. The minimum atomic E-state index is 0. The molecule has 1 aliphatic rings. The molecule has 70 valence electrons. The Morgan fingerprint density at radius 3 is 2.33 bits per heavy atom. The third kappa shape index (κ3) is 2.74. The Morgan fingerprint density at radius 1 is 1.00 bits per heavy atom. The highest BCUT2D eigenvalue weighted by atomic mass is 35.5. The van der Waals surface area contributed by atoms with Crippen LogP contribution in [-0.4, -0.2) is 6.54 Å². The van der Waals surface area contributed by atoms with Gasteiger partial charge in [-0.2, -0.15) is 0 Å². The molecule has 0 bridgehead atoms. The Labute approximate surface area is 91.2 Å². The molecule has 12 heavy (non-hydrogen) atoms. The number of halogens is 3. The molecule has 0 amide bonds. The molecule has 1 N–H and O–H groups in total. The lowest BCUT2D eigenvalue weighted by molar-refractivity contribution is 1.11. The van der Waals surface area contributed by atoms with Crippen molar-refractivity contribution in [3.63, 3.8) is 0 Å². The van der Waals surface area contributed by atoms with Crippen molar-refractivity contribution in [2.24, 2.45) is 0 Å². The lowest BCUT2D eigenvalue weighted by atomic mass is 10.2.